The van der Waals surface area contributed by atoms with E-state index in [0.29, 0.717) is 42.6 Å². The molecule has 0 saturated carbocycles. The van der Waals surface area contributed by atoms with Gasteiger partial charge in [0.15, 0.2) is 0 Å². The van der Waals surface area contributed by atoms with Crippen LogP contribution in [0.5, 0.6) is 5.75 Å². The van der Waals surface area contributed by atoms with Crippen molar-refractivity contribution in [1.29, 1.82) is 0 Å². The van der Waals surface area contributed by atoms with Crippen LogP contribution in [0.25, 0.3) is 22.0 Å². The highest BCUT2D eigenvalue weighted by Crippen LogP contribution is 2.46. The number of rotatable bonds is 11. The first-order valence-corrected chi connectivity index (χ1v) is 18.4. The van der Waals surface area contributed by atoms with Crippen molar-refractivity contribution in [3.05, 3.63) is 103 Å². The third kappa shape index (κ3) is 6.76. The van der Waals surface area contributed by atoms with Crippen molar-refractivity contribution in [3.8, 4) is 16.9 Å². The standard InChI is InChI=1S/C41H46Cl2N4O4/c1-22(2)20-46-28(8)35(25(5)44-46)36-34(42)15-14-33-32(13-10-16-51-31-17-23(3)37(43)24(4)18-31)39-40(48)45(26(6)27(7)47(39)38(33)36)21-29-11-9-12-30(19-29)41(49)50/h9,11-12,14-15,17-19,22,26-27H,10,13,16,20-21H2,1-8H3,(H,49,50)/t26-,27?/m1/s1. The summed E-state index contributed by atoms with van der Waals surface area (Å²) in [6, 6.07) is 14.4. The SMILES string of the molecule is Cc1cc(OCCCc2c3n(c4c(-c5c(C)nn(CC(C)C)c5C)c(Cl)ccc24)C(C)[C@@H](C)N(Cc2cccc(C(=O)O)c2)C3=O)cc(C)c1Cl. The van der Waals surface area contributed by atoms with Crippen molar-refractivity contribution in [1.82, 2.24) is 19.2 Å². The molecule has 2 atom stereocenters. The molecule has 1 N–H and O–H groups in total. The number of hydrogen-bond acceptors (Lipinski definition) is 4. The molecule has 10 heteroatoms. The van der Waals surface area contributed by atoms with Gasteiger partial charge in [-0.1, -0.05) is 55.2 Å². The van der Waals surface area contributed by atoms with Gasteiger partial charge >= 0.3 is 5.97 Å². The molecule has 2 aromatic heterocycles. The highest BCUT2D eigenvalue weighted by atomic mass is 35.5. The van der Waals surface area contributed by atoms with Gasteiger partial charge in [-0.25, -0.2) is 4.79 Å². The number of halogens is 2. The van der Waals surface area contributed by atoms with Crippen molar-refractivity contribution in [3.63, 3.8) is 0 Å². The van der Waals surface area contributed by atoms with E-state index in [1.165, 1.54) is 0 Å². The number of aromatic nitrogens is 3. The molecule has 8 nitrogen and oxygen atoms in total. The molecule has 0 radical (unpaired) electrons. The van der Waals surface area contributed by atoms with E-state index in [1.54, 1.807) is 18.2 Å². The molecule has 3 aromatic carbocycles. The smallest absolute Gasteiger partial charge is 0.335 e. The summed E-state index contributed by atoms with van der Waals surface area (Å²) >= 11 is 13.6. The van der Waals surface area contributed by atoms with Crippen molar-refractivity contribution in [2.45, 2.75) is 93.4 Å². The Morgan fingerprint density at radius 3 is 2.35 bits per heavy atom. The Morgan fingerprint density at radius 1 is 0.980 bits per heavy atom. The van der Waals surface area contributed by atoms with E-state index in [2.05, 4.69) is 43.9 Å². The van der Waals surface area contributed by atoms with Crippen molar-refractivity contribution >= 4 is 46.0 Å². The van der Waals surface area contributed by atoms with Crippen LogP contribution in [0.3, 0.4) is 0 Å². The summed E-state index contributed by atoms with van der Waals surface area (Å²) in [5.41, 5.74) is 9.24. The van der Waals surface area contributed by atoms with Crippen molar-refractivity contribution in [2.24, 2.45) is 5.92 Å². The lowest BCUT2D eigenvalue weighted by molar-refractivity contribution is 0.0545. The fraction of sp³-hybridized carbons (Fsp3) is 0.390. The molecule has 268 valence electrons. The summed E-state index contributed by atoms with van der Waals surface area (Å²) < 4.78 is 10.5. The van der Waals surface area contributed by atoms with Crippen molar-refractivity contribution in [2.75, 3.05) is 6.61 Å². The van der Waals surface area contributed by atoms with Gasteiger partial charge in [0.2, 0.25) is 0 Å². The van der Waals surface area contributed by atoms with Gasteiger partial charge in [-0.05, 0) is 113 Å². The first-order valence-electron chi connectivity index (χ1n) is 17.6. The predicted molar refractivity (Wildman–Crippen MR) is 205 cm³/mol. The molecule has 6 rings (SSSR count). The molecule has 1 aliphatic rings. The molecule has 0 spiro atoms. The van der Waals surface area contributed by atoms with Gasteiger partial charge in [0.1, 0.15) is 11.4 Å². The maximum atomic E-state index is 14.8. The van der Waals surface area contributed by atoms with E-state index in [-0.39, 0.29) is 23.6 Å². The fourth-order valence-corrected chi connectivity index (χ4v) is 7.95. The second-order valence-corrected chi connectivity index (χ2v) is 15.2. The number of carboxylic acids is 1. The summed E-state index contributed by atoms with van der Waals surface area (Å²) in [7, 11) is 0. The first kappa shape index (κ1) is 36.5. The summed E-state index contributed by atoms with van der Waals surface area (Å²) in [5, 5.41) is 16.9. The minimum atomic E-state index is -0.997. The van der Waals surface area contributed by atoms with E-state index in [4.69, 9.17) is 33.0 Å². The Hall–Kier alpha value is -4.27. The maximum absolute atomic E-state index is 14.8. The number of carboxylic acid groups (broad SMARTS) is 1. The van der Waals surface area contributed by atoms with Crippen LogP contribution < -0.4 is 4.74 Å². The first-order chi connectivity index (χ1) is 24.2. The van der Waals surface area contributed by atoms with Crippen LogP contribution in [0.15, 0.2) is 48.5 Å². The second-order valence-electron chi connectivity index (χ2n) is 14.4. The van der Waals surface area contributed by atoms with Crippen LogP contribution in [0.4, 0.5) is 0 Å². The lowest BCUT2D eigenvalue weighted by Gasteiger charge is -2.40. The van der Waals surface area contributed by atoms with Crippen LogP contribution >= 0.6 is 23.2 Å². The topological polar surface area (TPSA) is 89.6 Å². The Labute approximate surface area is 309 Å². The Kier molecular flexibility index (Phi) is 10.3. The van der Waals surface area contributed by atoms with Crippen LogP contribution in [0.2, 0.25) is 10.0 Å². The third-order valence-corrected chi connectivity index (χ3v) is 11.1. The Balaban J connectivity index is 1.48. The fourth-order valence-electron chi connectivity index (χ4n) is 7.60. The largest absolute Gasteiger partial charge is 0.494 e. The van der Waals surface area contributed by atoms with Gasteiger partial charge in [-0.3, -0.25) is 9.48 Å². The number of benzene rings is 3. The predicted octanol–water partition coefficient (Wildman–Crippen LogP) is 10.0. The summed E-state index contributed by atoms with van der Waals surface area (Å²) in [6.45, 7) is 18.1. The van der Waals surface area contributed by atoms with E-state index in [0.717, 1.165) is 73.0 Å². The zero-order valence-electron chi connectivity index (χ0n) is 30.6. The molecule has 0 aliphatic carbocycles. The molecule has 1 amide bonds. The minimum Gasteiger partial charge on any atom is -0.494 e. The van der Waals surface area contributed by atoms with E-state index < -0.39 is 5.97 Å². The summed E-state index contributed by atoms with van der Waals surface area (Å²) in [6.07, 6.45) is 1.28. The Morgan fingerprint density at radius 2 is 1.69 bits per heavy atom. The lowest BCUT2D eigenvalue weighted by atomic mass is 9.98. The number of fused-ring (bicyclic) bond motifs is 3. The molecule has 0 saturated heterocycles. The second kappa shape index (κ2) is 14.4. The third-order valence-electron chi connectivity index (χ3n) is 10.2. The van der Waals surface area contributed by atoms with E-state index in [1.807, 2.05) is 56.0 Å². The summed E-state index contributed by atoms with van der Waals surface area (Å²) in [4.78, 5) is 28.5. The zero-order chi connectivity index (χ0) is 36.9. The molecule has 0 fully saturated rings. The van der Waals surface area contributed by atoms with Crippen LogP contribution in [-0.4, -0.2) is 48.9 Å². The van der Waals surface area contributed by atoms with Crippen LogP contribution in [0.1, 0.15) is 94.6 Å². The Bertz CT molecular complexity index is 2140. The molecule has 0 bridgehead atoms. The van der Waals surface area contributed by atoms with E-state index >= 15 is 0 Å². The van der Waals surface area contributed by atoms with Crippen LogP contribution in [0, 0.1) is 33.6 Å². The molecule has 1 unspecified atom stereocenters. The highest BCUT2D eigenvalue weighted by Gasteiger charge is 2.40. The normalized spacial score (nSPS) is 16.0. The van der Waals surface area contributed by atoms with Gasteiger partial charge in [0.25, 0.3) is 5.91 Å². The van der Waals surface area contributed by atoms with Gasteiger partial charge in [0.05, 0.1) is 40.5 Å². The monoisotopic (exact) mass is 728 g/mol. The average molecular weight is 730 g/mol. The van der Waals surface area contributed by atoms with E-state index in [9.17, 15) is 14.7 Å². The number of amides is 1. The molecule has 3 heterocycles. The lowest BCUT2D eigenvalue weighted by Crippen LogP contribution is -2.48. The molecular formula is C41H46Cl2N4O4. The number of aromatic carboxylic acids is 1. The number of nitrogens with zero attached hydrogens (tertiary/aromatic N) is 4. The number of hydrogen-bond donors (Lipinski definition) is 1. The quantitative estimate of drug-likeness (QED) is 0.137. The van der Waals surface area contributed by atoms with Gasteiger partial charge in [0, 0.05) is 40.3 Å². The van der Waals surface area contributed by atoms with Gasteiger partial charge < -0.3 is 19.3 Å². The van der Waals surface area contributed by atoms with Crippen molar-refractivity contribution < 1.29 is 19.4 Å². The molecule has 5 aromatic rings. The summed E-state index contributed by atoms with van der Waals surface area (Å²) in [5.74, 6) is 0.0928. The zero-order valence-corrected chi connectivity index (χ0v) is 32.1. The van der Waals surface area contributed by atoms with Gasteiger partial charge in [-0.15, -0.1) is 0 Å². The minimum absolute atomic E-state index is 0.0941. The molecule has 1 aliphatic heterocycles. The molecule has 51 heavy (non-hydrogen) atoms. The molecular weight excluding hydrogens is 683 g/mol. The number of carbonyl (C=O) groups is 2. The number of ether oxygens (including phenoxy) is 1. The maximum Gasteiger partial charge on any atom is 0.335 e. The average Bonchev–Trinajstić information content (AvgIpc) is 3.55. The number of carbonyl (C=O) groups excluding carboxylic acids is 1. The van der Waals surface area contributed by atoms with Gasteiger partial charge in [-0.2, -0.15) is 5.10 Å². The number of aryl methyl sites for hydroxylation is 4. The van der Waals surface area contributed by atoms with Crippen LogP contribution in [-0.2, 0) is 19.5 Å². The highest BCUT2D eigenvalue weighted by molar-refractivity contribution is 6.35.